The van der Waals surface area contributed by atoms with Gasteiger partial charge in [-0.25, -0.2) is 0 Å². The third-order valence-electron chi connectivity index (χ3n) is 3.03. The molecule has 0 N–H and O–H groups in total. The van der Waals surface area contributed by atoms with Gasteiger partial charge in [-0.15, -0.1) is 0 Å². The van der Waals surface area contributed by atoms with Crippen molar-refractivity contribution in [2.24, 2.45) is 0 Å². The van der Waals surface area contributed by atoms with E-state index in [2.05, 4.69) is 13.8 Å². The van der Waals surface area contributed by atoms with Crippen molar-refractivity contribution in [2.75, 3.05) is 13.2 Å². The molecule has 0 aromatic carbocycles. The van der Waals surface area contributed by atoms with E-state index in [1.54, 1.807) is 0 Å². The molecule has 0 heterocycles. The van der Waals surface area contributed by atoms with Gasteiger partial charge in [-0.2, -0.15) is 0 Å². The lowest BCUT2D eigenvalue weighted by Gasteiger charge is -2.05. The van der Waals surface area contributed by atoms with Crippen LogP contribution >= 0.6 is 0 Å². The minimum absolute atomic E-state index is 0.208. The molecule has 0 unspecified atom stereocenters. The van der Waals surface area contributed by atoms with E-state index in [-0.39, 0.29) is 11.9 Å². The average molecular weight is 286 g/mol. The maximum absolute atomic E-state index is 11.4. The minimum atomic E-state index is -0.211. The van der Waals surface area contributed by atoms with Crippen LogP contribution in [0.4, 0.5) is 0 Å². The molecule has 0 saturated heterocycles. The number of ether oxygens (including phenoxy) is 2. The second-order valence-corrected chi connectivity index (χ2v) is 5.06. The predicted octanol–water partition coefficient (Wildman–Crippen LogP) is 4.01. The molecular weight excluding hydrogens is 256 g/mol. The lowest BCUT2D eigenvalue weighted by molar-refractivity contribution is -0.145. The first-order valence-corrected chi connectivity index (χ1v) is 8.02. The number of esters is 2. The standard InChI is InChI=1S/C16H30O4/c1-3-5-7-9-14-20-16(18)12-10-11-15(17)19-13-8-6-4-2/h3-14H2,1-2H3. The van der Waals surface area contributed by atoms with Gasteiger partial charge in [-0.1, -0.05) is 46.0 Å². The van der Waals surface area contributed by atoms with Crippen LogP contribution in [-0.4, -0.2) is 25.2 Å². The fourth-order valence-electron chi connectivity index (χ4n) is 1.77. The van der Waals surface area contributed by atoms with E-state index in [0.29, 0.717) is 32.5 Å². The summed E-state index contributed by atoms with van der Waals surface area (Å²) in [6.45, 7) is 5.25. The van der Waals surface area contributed by atoms with Gasteiger partial charge in [0.25, 0.3) is 0 Å². The molecule has 0 spiro atoms. The van der Waals surface area contributed by atoms with Crippen molar-refractivity contribution in [3.63, 3.8) is 0 Å². The molecule has 4 heteroatoms. The molecule has 118 valence electrons. The van der Waals surface area contributed by atoms with Crippen LogP contribution < -0.4 is 0 Å². The Bertz CT molecular complexity index is 251. The van der Waals surface area contributed by atoms with Gasteiger partial charge in [-0.3, -0.25) is 9.59 Å². The Morgan fingerprint density at radius 2 is 1.10 bits per heavy atom. The van der Waals surface area contributed by atoms with Crippen LogP contribution in [0.1, 0.15) is 78.1 Å². The molecule has 4 nitrogen and oxygen atoms in total. The van der Waals surface area contributed by atoms with Gasteiger partial charge < -0.3 is 9.47 Å². The molecular formula is C16H30O4. The summed E-state index contributed by atoms with van der Waals surface area (Å²) >= 11 is 0. The average Bonchev–Trinajstić information content (AvgIpc) is 2.43. The maximum Gasteiger partial charge on any atom is 0.305 e. The summed E-state index contributed by atoms with van der Waals surface area (Å²) in [7, 11) is 0. The number of hydrogen-bond donors (Lipinski definition) is 0. The summed E-state index contributed by atoms with van der Waals surface area (Å²) in [6, 6.07) is 0. The van der Waals surface area contributed by atoms with Gasteiger partial charge >= 0.3 is 11.9 Å². The molecule has 0 rings (SSSR count). The molecule has 20 heavy (non-hydrogen) atoms. The minimum Gasteiger partial charge on any atom is -0.466 e. The fourth-order valence-corrected chi connectivity index (χ4v) is 1.77. The second-order valence-electron chi connectivity index (χ2n) is 5.06. The van der Waals surface area contributed by atoms with E-state index in [4.69, 9.17) is 9.47 Å². The van der Waals surface area contributed by atoms with Crippen LogP contribution in [0.25, 0.3) is 0 Å². The molecule has 0 saturated carbocycles. The van der Waals surface area contributed by atoms with Crippen molar-refractivity contribution in [2.45, 2.75) is 78.1 Å². The largest absolute Gasteiger partial charge is 0.466 e. The number of rotatable bonds is 13. The monoisotopic (exact) mass is 286 g/mol. The van der Waals surface area contributed by atoms with Crippen molar-refractivity contribution in [3.05, 3.63) is 0 Å². The van der Waals surface area contributed by atoms with Gasteiger partial charge in [0.15, 0.2) is 0 Å². The maximum atomic E-state index is 11.4. The first kappa shape index (κ1) is 18.9. The van der Waals surface area contributed by atoms with Crippen LogP contribution in [0.3, 0.4) is 0 Å². The van der Waals surface area contributed by atoms with Crippen LogP contribution in [0.5, 0.6) is 0 Å². The third-order valence-corrected chi connectivity index (χ3v) is 3.03. The molecule has 0 bridgehead atoms. The molecule has 0 aliphatic rings. The van der Waals surface area contributed by atoms with Gasteiger partial charge in [0.1, 0.15) is 0 Å². The molecule has 0 atom stereocenters. The van der Waals surface area contributed by atoms with Crippen LogP contribution in [0.2, 0.25) is 0 Å². The summed E-state index contributed by atoms with van der Waals surface area (Å²) in [5, 5.41) is 0. The highest BCUT2D eigenvalue weighted by atomic mass is 16.5. The van der Waals surface area contributed by atoms with Crippen LogP contribution in [-0.2, 0) is 19.1 Å². The highest BCUT2D eigenvalue weighted by molar-refractivity contribution is 5.72. The molecule has 0 fully saturated rings. The SMILES string of the molecule is CCCCCCOC(=O)CCCC(=O)OCCCCC. The van der Waals surface area contributed by atoms with Crippen molar-refractivity contribution in [1.29, 1.82) is 0 Å². The lowest BCUT2D eigenvalue weighted by Crippen LogP contribution is -2.09. The summed E-state index contributed by atoms with van der Waals surface area (Å²) in [5.41, 5.74) is 0. The van der Waals surface area contributed by atoms with E-state index in [0.717, 1.165) is 32.1 Å². The zero-order valence-electron chi connectivity index (χ0n) is 13.1. The molecule has 0 aliphatic carbocycles. The summed E-state index contributed by atoms with van der Waals surface area (Å²) in [4.78, 5) is 22.7. The smallest absolute Gasteiger partial charge is 0.305 e. The number of unbranched alkanes of at least 4 members (excludes halogenated alkanes) is 5. The Morgan fingerprint density at radius 3 is 1.60 bits per heavy atom. The van der Waals surface area contributed by atoms with E-state index < -0.39 is 0 Å². The third kappa shape index (κ3) is 13.4. The summed E-state index contributed by atoms with van der Waals surface area (Å²) in [6.07, 6.45) is 8.62. The van der Waals surface area contributed by atoms with Crippen LogP contribution in [0, 0.1) is 0 Å². The molecule has 0 aliphatic heterocycles. The van der Waals surface area contributed by atoms with E-state index in [1.807, 2.05) is 0 Å². The summed E-state index contributed by atoms with van der Waals surface area (Å²) in [5.74, 6) is -0.419. The Morgan fingerprint density at radius 1 is 0.650 bits per heavy atom. The zero-order chi connectivity index (χ0) is 15.1. The summed E-state index contributed by atoms with van der Waals surface area (Å²) < 4.78 is 10.2. The van der Waals surface area contributed by atoms with Crippen molar-refractivity contribution in [3.8, 4) is 0 Å². The first-order valence-electron chi connectivity index (χ1n) is 8.02. The molecule has 0 radical (unpaired) electrons. The van der Waals surface area contributed by atoms with Crippen molar-refractivity contribution in [1.82, 2.24) is 0 Å². The molecule has 0 aromatic rings. The van der Waals surface area contributed by atoms with Gasteiger partial charge in [0.2, 0.25) is 0 Å². The van der Waals surface area contributed by atoms with E-state index >= 15 is 0 Å². The Kier molecular flexibility index (Phi) is 13.6. The van der Waals surface area contributed by atoms with Gasteiger partial charge in [0, 0.05) is 12.8 Å². The van der Waals surface area contributed by atoms with Crippen molar-refractivity contribution < 1.29 is 19.1 Å². The van der Waals surface area contributed by atoms with Crippen LogP contribution in [0.15, 0.2) is 0 Å². The van der Waals surface area contributed by atoms with E-state index in [9.17, 15) is 9.59 Å². The number of carbonyl (C=O) groups is 2. The molecule has 0 amide bonds. The molecule has 0 aromatic heterocycles. The quantitative estimate of drug-likeness (QED) is 0.379. The highest BCUT2D eigenvalue weighted by Gasteiger charge is 2.07. The normalized spacial score (nSPS) is 10.3. The zero-order valence-corrected chi connectivity index (χ0v) is 13.1. The topological polar surface area (TPSA) is 52.6 Å². The Labute approximate surface area is 123 Å². The van der Waals surface area contributed by atoms with Crippen molar-refractivity contribution >= 4 is 11.9 Å². The Hall–Kier alpha value is -1.06. The first-order chi connectivity index (χ1) is 9.70. The lowest BCUT2D eigenvalue weighted by atomic mass is 10.2. The number of carbonyl (C=O) groups excluding carboxylic acids is 2. The fraction of sp³-hybridized carbons (Fsp3) is 0.875. The predicted molar refractivity (Wildman–Crippen MR) is 79.4 cm³/mol. The second kappa shape index (κ2) is 14.4. The highest BCUT2D eigenvalue weighted by Crippen LogP contribution is 2.03. The van der Waals surface area contributed by atoms with E-state index in [1.165, 1.54) is 12.8 Å². The van der Waals surface area contributed by atoms with Gasteiger partial charge in [0.05, 0.1) is 13.2 Å². The number of hydrogen-bond acceptors (Lipinski definition) is 4. The van der Waals surface area contributed by atoms with Gasteiger partial charge in [-0.05, 0) is 19.3 Å². The Balaban J connectivity index is 3.35.